The van der Waals surface area contributed by atoms with Gasteiger partial charge in [0.2, 0.25) is 0 Å². The van der Waals surface area contributed by atoms with E-state index in [9.17, 15) is 0 Å². The van der Waals surface area contributed by atoms with E-state index in [1.54, 1.807) is 0 Å². The van der Waals surface area contributed by atoms with E-state index in [-0.39, 0.29) is 0 Å². The minimum Gasteiger partial charge on any atom is -0.481 e. The highest BCUT2D eigenvalue weighted by Crippen LogP contribution is 2.46. The van der Waals surface area contributed by atoms with Gasteiger partial charge in [-0.2, -0.15) is 0 Å². The van der Waals surface area contributed by atoms with Gasteiger partial charge in [-0.25, -0.2) is 4.98 Å². The molecule has 5 heteroatoms. The molecule has 0 atom stereocenters. The third-order valence-electron chi connectivity index (χ3n) is 4.27. The maximum atomic E-state index is 6.21. The maximum absolute atomic E-state index is 6.21. The van der Waals surface area contributed by atoms with E-state index in [1.807, 2.05) is 50.2 Å². The molecule has 1 aliphatic heterocycles. The summed E-state index contributed by atoms with van der Waals surface area (Å²) < 4.78 is 8.14. The first kappa shape index (κ1) is 16.4. The molecule has 3 nitrogen and oxygen atoms in total. The normalized spacial score (nSPS) is 14.2. The number of aromatic amines is 1. The number of fused-ring (bicyclic) bond motifs is 3. The van der Waals surface area contributed by atoms with Gasteiger partial charge in [0.25, 0.3) is 0 Å². The van der Waals surface area contributed by atoms with E-state index >= 15 is 0 Å². The first-order valence-electron chi connectivity index (χ1n) is 7.75. The standard InChI is InChI=1S/C20H14Br2N2O/c1-4-11-8-9-12-15(10-11)25-20(2,3)18-17(12)23-19(24-18)16-13(21)6-5-7-14(16)22/h1,5-10H,2-3H3,(H,23,24). The van der Waals surface area contributed by atoms with E-state index in [4.69, 9.17) is 16.1 Å². The Bertz CT molecular complexity index is 1020. The van der Waals surface area contributed by atoms with Crippen LogP contribution in [0.15, 0.2) is 45.3 Å². The third-order valence-corrected chi connectivity index (χ3v) is 5.60. The van der Waals surface area contributed by atoms with Gasteiger partial charge in [0.1, 0.15) is 17.2 Å². The van der Waals surface area contributed by atoms with Gasteiger partial charge in [-0.05, 0) is 76.0 Å². The average Bonchev–Trinajstić information content (AvgIpc) is 3.00. The lowest BCUT2D eigenvalue weighted by Crippen LogP contribution is -2.29. The molecule has 0 fully saturated rings. The molecule has 0 radical (unpaired) electrons. The highest BCUT2D eigenvalue weighted by Gasteiger charge is 2.36. The van der Waals surface area contributed by atoms with Crippen molar-refractivity contribution in [3.8, 4) is 40.7 Å². The van der Waals surface area contributed by atoms with Crippen LogP contribution in [-0.4, -0.2) is 9.97 Å². The van der Waals surface area contributed by atoms with Crippen LogP contribution < -0.4 is 4.74 Å². The minimum absolute atomic E-state index is 0.533. The molecule has 3 aromatic rings. The van der Waals surface area contributed by atoms with Crippen molar-refractivity contribution in [1.82, 2.24) is 9.97 Å². The van der Waals surface area contributed by atoms with E-state index < -0.39 is 5.60 Å². The number of benzene rings is 2. The van der Waals surface area contributed by atoms with E-state index in [1.165, 1.54) is 0 Å². The lowest BCUT2D eigenvalue weighted by atomic mass is 9.94. The molecule has 0 spiro atoms. The largest absolute Gasteiger partial charge is 0.481 e. The third kappa shape index (κ3) is 2.61. The van der Waals surface area contributed by atoms with E-state index in [2.05, 4.69) is 42.8 Å². The van der Waals surface area contributed by atoms with Gasteiger partial charge in [-0.3, -0.25) is 0 Å². The Morgan fingerprint density at radius 1 is 1.16 bits per heavy atom. The zero-order chi connectivity index (χ0) is 17.8. The maximum Gasteiger partial charge on any atom is 0.145 e. The van der Waals surface area contributed by atoms with Gasteiger partial charge in [-0.15, -0.1) is 6.42 Å². The first-order valence-corrected chi connectivity index (χ1v) is 9.34. The molecular weight excluding hydrogens is 444 g/mol. The first-order chi connectivity index (χ1) is 11.9. The molecule has 0 unspecified atom stereocenters. The zero-order valence-electron chi connectivity index (χ0n) is 13.7. The van der Waals surface area contributed by atoms with Crippen LogP contribution in [-0.2, 0) is 5.60 Å². The fraction of sp³-hybridized carbons (Fsp3) is 0.150. The molecule has 1 aromatic heterocycles. The number of terminal acetylenes is 1. The molecule has 0 aliphatic carbocycles. The molecular formula is C20H14Br2N2O. The summed E-state index contributed by atoms with van der Waals surface area (Å²) in [6.07, 6.45) is 5.52. The second-order valence-corrected chi connectivity index (χ2v) is 8.08. The topological polar surface area (TPSA) is 37.9 Å². The molecule has 0 saturated carbocycles. The molecule has 0 amide bonds. The van der Waals surface area contributed by atoms with Crippen LogP contribution in [0.4, 0.5) is 0 Å². The summed E-state index contributed by atoms with van der Waals surface area (Å²) in [6, 6.07) is 11.7. The molecule has 0 bridgehead atoms. The van der Waals surface area contributed by atoms with Gasteiger partial charge in [-0.1, -0.05) is 12.0 Å². The minimum atomic E-state index is -0.533. The Hall–Kier alpha value is -2.03. The summed E-state index contributed by atoms with van der Waals surface area (Å²) in [5.74, 6) is 4.20. The Labute approximate surface area is 163 Å². The molecule has 2 aromatic carbocycles. The number of H-pyrrole nitrogens is 1. The average molecular weight is 458 g/mol. The number of hydrogen-bond acceptors (Lipinski definition) is 2. The number of hydrogen-bond donors (Lipinski definition) is 1. The van der Waals surface area contributed by atoms with Crippen LogP contribution in [0, 0.1) is 12.3 Å². The molecule has 0 saturated heterocycles. The summed E-state index contributed by atoms with van der Waals surface area (Å²) in [7, 11) is 0. The number of nitrogens with one attached hydrogen (secondary N) is 1. The predicted molar refractivity (Wildman–Crippen MR) is 106 cm³/mol. The smallest absolute Gasteiger partial charge is 0.145 e. The van der Waals surface area contributed by atoms with Crippen molar-refractivity contribution in [1.29, 1.82) is 0 Å². The second-order valence-electron chi connectivity index (χ2n) is 6.37. The van der Waals surface area contributed by atoms with Crippen molar-refractivity contribution in [3.05, 3.63) is 56.6 Å². The fourth-order valence-electron chi connectivity index (χ4n) is 3.06. The van der Waals surface area contributed by atoms with Gasteiger partial charge >= 0.3 is 0 Å². The molecule has 124 valence electrons. The van der Waals surface area contributed by atoms with Crippen molar-refractivity contribution >= 4 is 31.9 Å². The predicted octanol–water partition coefficient (Wildman–Crippen LogP) is 5.88. The number of rotatable bonds is 1. The van der Waals surface area contributed by atoms with Gasteiger partial charge in [0, 0.05) is 25.6 Å². The van der Waals surface area contributed by atoms with Crippen LogP contribution in [0.5, 0.6) is 5.75 Å². The Morgan fingerprint density at radius 2 is 1.88 bits per heavy atom. The number of ether oxygens (including phenoxy) is 1. The van der Waals surface area contributed by atoms with Crippen LogP contribution in [0.2, 0.25) is 0 Å². The summed E-state index contributed by atoms with van der Waals surface area (Å²) in [4.78, 5) is 8.34. The quantitative estimate of drug-likeness (QED) is 0.463. The summed E-state index contributed by atoms with van der Waals surface area (Å²) in [6.45, 7) is 4.04. The lowest BCUT2D eigenvalue weighted by Gasteiger charge is -2.31. The molecule has 1 aliphatic rings. The van der Waals surface area contributed by atoms with Crippen LogP contribution in [0.3, 0.4) is 0 Å². The van der Waals surface area contributed by atoms with Crippen molar-refractivity contribution in [2.75, 3.05) is 0 Å². The number of imidazole rings is 1. The summed E-state index contributed by atoms with van der Waals surface area (Å²) in [5.41, 5.74) is 4.03. The number of aromatic nitrogens is 2. The molecule has 4 rings (SSSR count). The van der Waals surface area contributed by atoms with Crippen molar-refractivity contribution in [2.45, 2.75) is 19.4 Å². The van der Waals surface area contributed by atoms with E-state index in [0.29, 0.717) is 0 Å². The van der Waals surface area contributed by atoms with Crippen LogP contribution >= 0.6 is 31.9 Å². The number of nitrogens with zero attached hydrogens (tertiary/aromatic N) is 1. The van der Waals surface area contributed by atoms with E-state index in [0.717, 1.165) is 48.6 Å². The highest BCUT2D eigenvalue weighted by molar-refractivity contribution is 9.11. The van der Waals surface area contributed by atoms with Gasteiger partial charge < -0.3 is 9.72 Å². The Balaban J connectivity index is 1.96. The summed E-state index contributed by atoms with van der Waals surface area (Å²) in [5, 5.41) is 0. The second kappa shape index (κ2) is 5.76. The van der Waals surface area contributed by atoms with Gasteiger partial charge in [0.05, 0.1) is 11.4 Å². The molecule has 1 N–H and O–H groups in total. The van der Waals surface area contributed by atoms with Crippen molar-refractivity contribution < 1.29 is 4.74 Å². The number of halogens is 2. The SMILES string of the molecule is C#Cc1ccc2c(c1)OC(C)(C)c1[nH]c(-c3c(Br)cccc3Br)nc1-2. The van der Waals surface area contributed by atoms with Crippen molar-refractivity contribution in [2.24, 2.45) is 0 Å². The highest BCUT2D eigenvalue weighted by atomic mass is 79.9. The van der Waals surface area contributed by atoms with Gasteiger partial charge in [0.15, 0.2) is 0 Å². The monoisotopic (exact) mass is 456 g/mol. The van der Waals surface area contributed by atoms with Crippen LogP contribution in [0.1, 0.15) is 25.1 Å². The Kier molecular flexibility index (Phi) is 3.78. The zero-order valence-corrected chi connectivity index (χ0v) is 16.8. The fourth-order valence-corrected chi connectivity index (χ4v) is 4.44. The Morgan fingerprint density at radius 3 is 2.56 bits per heavy atom. The van der Waals surface area contributed by atoms with Crippen molar-refractivity contribution in [3.63, 3.8) is 0 Å². The lowest BCUT2D eigenvalue weighted by molar-refractivity contribution is 0.101. The van der Waals surface area contributed by atoms with Crippen LogP contribution in [0.25, 0.3) is 22.6 Å². The molecule has 2 heterocycles. The molecule has 25 heavy (non-hydrogen) atoms. The summed E-state index contributed by atoms with van der Waals surface area (Å²) >= 11 is 7.23.